The second kappa shape index (κ2) is 17.9. The average Bonchev–Trinajstić information content (AvgIpc) is 4.18. The number of thiophene rings is 1. The molecule has 0 spiro atoms. The summed E-state index contributed by atoms with van der Waals surface area (Å²) < 4.78 is 3.24. The second-order valence-electron chi connectivity index (χ2n) is 23.0. The molecule has 15 rings (SSSR count). The lowest BCUT2D eigenvalue weighted by Gasteiger charge is -2.37. The van der Waals surface area contributed by atoms with Crippen LogP contribution in [0.4, 0.5) is 11.4 Å². The molecule has 4 aromatic carbocycles. The molecule has 368 valence electrons. The molecule has 0 saturated heterocycles. The number of rotatable bonds is 7. The quantitative estimate of drug-likeness (QED) is 0.117. The van der Waals surface area contributed by atoms with Gasteiger partial charge in [0.2, 0.25) is 0 Å². The molecule has 0 N–H and O–H groups in total. The largest absolute Gasteiger partial charge is 0.341 e. The minimum Gasteiger partial charge on any atom is -0.341 e. The number of aromatic nitrogens is 1. The maximum Gasteiger partial charge on any atom is 0.0560 e. The molecule has 5 heteroatoms. The molecule has 4 atom stereocenters. The van der Waals surface area contributed by atoms with Crippen molar-refractivity contribution in [3.63, 3.8) is 0 Å². The van der Waals surface area contributed by atoms with Crippen molar-refractivity contribution >= 4 is 89.6 Å². The number of allylic oxidation sites excluding steroid dienone is 17. The van der Waals surface area contributed by atoms with E-state index in [4.69, 9.17) is 0 Å². The standard InChI is InChI=1S/C69H64IN3S/c1-69(2)59-21-11-9-19-56(59)66-60(69)37-36-55-54-20-13-23-64(67(54)74-68(55)66)71(50-31-24-43(25-32-50)45-28-38-62-57(40-45)52-18-10-12-22-61(52)72(62)48-14-5-3-6-15-48)51-33-26-44(27-34-51)46-29-39-63-58(41-46)53-35-30-47(70)42-65(53)73(63)49-16-7-4-8-17-49/h3-5,7,9-10,12,14,16,18-19,22-29,31-33,38-41,47,51,53,65H,6,8,11,13,15,17,20-21,30,34-37,42H2,1-2H3. The SMILES string of the molecule is CC1(C)C2=C(C=CCC2)C2=C1CCc1c2sc2c1CCC=C2N(c1ccc(-c2ccc3c(c2)c2ccccc2n3C2=CC=CCC2)cc1)C1C=CC(c2ccc3c(c2)C2CCC(I)CC2N3C2=CC=CCC2)=CC1. The molecule has 1 saturated carbocycles. The number of para-hydroxylation sites is 1. The number of alkyl halides is 1. The van der Waals surface area contributed by atoms with Crippen LogP contribution in [0, 0.1) is 5.41 Å². The van der Waals surface area contributed by atoms with E-state index >= 15 is 0 Å². The fourth-order valence-electron chi connectivity index (χ4n) is 15.2. The monoisotopic (exact) mass is 1090 g/mol. The highest BCUT2D eigenvalue weighted by Crippen LogP contribution is 2.60. The summed E-state index contributed by atoms with van der Waals surface area (Å²) in [5.74, 6) is 0.601. The number of nitrogens with zero attached hydrogens (tertiary/aromatic N) is 3. The van der Waals surface area contributed by atoms with Crippen molar-refractivity contribution in [1.82, 2.24) is 4.57 Å². The molecule has 6 aromatic rings. The van der Waals surface area contributed by atoms with E-state index in [0.717, 1.165) is 55.3 Å². The van der Waals surface area contributed by atoms with Crippen molar-refractivity contribution < 1.29 is 0 Å². The summed E-state index contributed by atoms with van der Waals surface area (Å²) in [5.41, 5.74) is 26.3. The highest BCUT2D eigenvalue weighted by molar-refractivity contribution is 14.1. The highest BCUT2D eigenvalue weighted by Gasteiger charge is 2.45. The Morgan fingerprint density at radius 3 is 2.27 bits per heavy atom. The Labute approximate surface area is 455 Å². The molecule has 1 aliphatic heterocycles. The number of fused-ring (bicyclic) bond motifs is 11. The first-order valence-corrected chi connectivity index (χ1v) is 30.0. The fraction of sp³-hybridized carbons (Fsp3) is 0.304. The van der Waals surface area contributed by atoms with E-state index < -0.39 is 0 Å². The normalized spacial score (nSPS) is 24.3. The van der Waals surface area contributed by atoms with Crippen molar-refractivity contribution in [1.29, 1.82) is 0 Å². The third-order valence-corrected chi connectivity index (χ3v) is 21.1. The topological polar surface area (TPSA) is 11.4 Å². The zero-order valence-corrected chi connectivity index (χ0v) is 45.8. The number of halogens is 1. The summed E-state index contributed by atoms with van der Waals surface area (Å²) >= 11 is 4.84. The van der Waals surface area contributed by atoms with Crippen LogP contribution in [0.25, 0.3) is 55.5 Å². The van der Waals surface area contributed by atoms with Gasteiger partial charge in [-0.1, -0.05) is 151 Å². The summed E-state index contributed by atoms with van der Waals surface area (Å²) in [6.07, 6.45) is 45.0. The Morgan fingerprint density at radius 1 is 0.662 bits per heavy atom. The van der Waals surface area contributed by atoms with Gasteiger partial charge in [-0.25, -0.2) is 0 Å². The van der Waals surface area contributed by atoms with Gasteiger partial charge in [0.25, 0.3) is 0 Å². The van der Waals surface area contributed by atoms with E-state index in [1.807, 2.05) is 0 Å². The van der Waals surface area contributed by atoms with Crippen LogP contribution < -0.4 is 9.80 Å². The van der Waals surface area contributed by atoms with Gasteiger partial charge in [-0.2, -0.15) is 0 Å². The Hall–Kier alpha value is -5.89. The summed E-state index contributed by atoms with van der Waals surface area (Å²) in [7, 11) is 0. The number of anilines is 2. The van der Waals surface area contributed by atoms with Gasteiger partial charge < -0.3 is 14.4 Å². The average molecular weight is 1090 g/mol. The van der Waals surface area contributed by atoms with Crippen LogP contribution in [0.15, 0.2) is 180 Å². The maximum atomic E-state index is 2.76. The zero-order valence-electron chi connectivity index (χ0n) is 42.8. The van der Waals surface area contributed by atoms with E-state index in [2.05, 4.69) is 220 Å². The van der Waals surface area contributed by atoms with E-state index in [9.17, 15) is 0 Å². The van der Waals surface area contributed by atoms with Gasteiger partial charge in [-0.15, -0.1) is 11.3 Å². The van der Waals surface area contributed by atoms with Gasteiger partial charge in [0.1, 0.15) is 0 Å². The molecule has 0 radical (unpaired) electrons. The van der Waals surface area contributed by atoms with Crippen LogP contribution in [0.5, 0.6) is 0 Å². The fourth-order valence-corrected chi connectivity index (χ4v) is 17.6. The predicted molar refractivity (Wildman–Crippen MR) is 324 cm³/mol. The summed E-state index contributed by atoms with van der Waals surface area (Å²) in [6, 6.07) is 34.0. The molecular weight excluding hydrogens is 1030 g/mol. The second-order valence-corrected chi connectivity index (χ2v) is 25.7. The summed E-state index contributed by atoms with van der Waals surface area (Å²) in [5, 5.41) is 2.64. The van der Waals surface area contributed by atoms with E-state index in [1.165, 1.54) is 116 Å². The maximum absolute atomic E-state index is 2.76. The highest BCUT2D eigenvalue weighted by atomic mass is 127. The third kappa shape index (κ3) is 7.14. The molecular formula is C69H64IN3S. The van der Waals surface area contributed by atoms with E-state index in [-0.39, 0.29) is 11.5 Å². The van der Waals surface area contributed by atoms with Crippen molar-refractivity contribution in [2.75, 3.05) is 9.80 Å². The number of hydrogen-bond acceptors (Lipinski definition) is 3. The minimum atomic E-state index is 0.145. The Morgan fingerprint density at radius 2 is 1.45 bits per heavy atom. The van der Waals surface area contributed by atoms with Gasteiger partial charge in [0, 0.05) is 59.7 Å². The van der Waals surface area contributed by atoms with Crippen LogP contribution in [0.2, 0.25) is 0 Å². The van der Waals surface area contributed by atoms with Gasteiger partial charge in [0.15, 0.2) is 0 Å². The first-order valence-electron chi connectivity index (χ1n) is 28.0. The van der Waals surface area contributed by atoms with Gasteiger partial charge >= 0.3 is 0 Å². The molecule has 4 unspecified atom stereocenters. The van der Waals surface area contributed by atoms with Crippen LogP contribution in [-0.4, -0.2) is 20.6 Å². The Bertz CT molecular complexity index is 3700. The lowest BCUT2D eigenvalue weighted by molar-refractivity contribution is 0.411. The molecule has 9 aliphatic rings. The minimum absolute atomic E-state index is 0.145. The van der Waals surface area contributed by atoms with E-state index in [0.29, 0.717) is 12.0 Å². The molecule has 1 fully saturated rings. The molecule has 0 bridgehead atoms. The van der Waals surface area contributed by atoms with Crippen molar-refractivity contribution in [3.05, 3.63) is 212 Å². The zero-order chi connectivity index (χ0) is 49.2. The molecule has 3 nitrogen and oxygen atoms in total. The molecule has 74 heavy (non-hydrogen) atoms. The van der Waals surface area contributed by atoms with Crippen molar-refractivity contribution in [2.45, 2.75) is 126 Å². The number of benzene rings is 4. The van der Waals surface area contributed by atoms with Crippen molar-refractivity contribution in [3.8, 4) is 11.1 Å². The van der Waals surface area contributed by atoms with Gasteiger partial charge in [0.05, 0.1) is 27.6 Å². The first kappa shape index (κ1) is 45.5. The smallest absolute Gasteiger partial charge is 0.0560 e. The third-order valence-electron chi connectivity index (χ3n) is 18.7. The summed E-state index contributed by atoms with van der Waals surface area (Å²) in [6.45, 7) is 5.02. The molecule has 0 amide bonds. The lowest BCUT2D eigenvalue weighted by Crippen LogP contribution is -2.38. The van der Waals surface area contributed by atoms with E-state index in [1.54, 1.807) is 43.9 Å². The molecule has 3 heterocycles. The van der Waals surface area contributed by atoms with Crippen LogP contribution >= 0.6 is 33.9 Å². The van der Waals surface area contributed by atoms with Gasteiger partial charge in [-0.3, -0.25) is 0 Å². The first-order chi connectivity index (χ1) is 36.4. The molecule has 8 aliphatic carbocycles. The van der Waals surface area contributed by atoms with Crippen LogP contribution in [-0.2, 0) is 12.8 Å². The van der Waals surface area contributed by atoms with Crippen molar-refractivity contribution in [2.24, 2.45) is 5.41 Å². The number of hydrogen-bond donors (Lipinski definition) is 0. The summed E-state index contributed by atoms with van der Waals surface area (Å²) in [4.78, 5) is 8.56. The molecule has 2 aromatic heterocycles. The predicted octanol–water partition coefficient (Wildman–Crippen LogP) is 18.8. The Balaban J connectivity index is 0.799. The Kier molecular flexibility index (Phi) is 11.0. The lowest BCUT2D eigenvalue weighted by atomic mass is 9.74. The van der Waals surface area contributed by atoms with Crippen LogP contribution in [0.3, 0.4) is 0 Å². The van der Waals surface area contributed by atoms with Gasteiger partial charge in [-0.05, 0) is 195 Å². The van der Waals surface area contributed by atoms with Crippen LogP contribution in [0.1, 0.15) is 129 Å².